The van der Waals surface area contributed by atoms with Crippen molar-refractivity contribution in [2.24, 2.45) is 0 Å². The molecule has 7 heteroatoms. The fourth-order valence-corrected chi connectivity index (χ4v) is 2.73. The van der Waals surface area contributed by atoms with Gasteiger partial charge < -0.3 is 10.2 Å². The van der Waals surface area contributed by atoms with Crippen LogP contribution < -0.4 is 5.32 Å². The van der Waals surface area contributed by atoms with Crippen LogP contribution in [0.1, 0.15) is 23.2 Å². The fourth-order valence-electron chi connectivity index (χ4n) is 2.53. The summed E-state index contributed by atoms with van der Waals surface area (Å²) in [7, 11) is 0. The lowest BCUT2D eigenvalue weighted by Gasteiger charge is -2.32. The number of pyridine rings is 1. The van der Waals surface area contributed by atoms with E-state index in [1.165, 1.54) is 6.20 Å². The molecule has 3 rings (SSSR count). The van der Waals surface area contributed by atoms with E-state index in [2.05, 4.69) is 20.5 Å². The zero-order valence-electron chi connectivity index (χ0n) is 11.9. The smallest absolute Gasteiger partial charge is 0.255 e. The van der Waals surface area contributed by atoms with E-state index in [0.29, 0.717) is 29.7 Å². The number of rotatable bonds is 3. The summed E-state index contributed by atoms with van der Waals surface area (Å²) in [5.41, 5.74) is 0.511. The Bertz CT molecular complexity index is 643. The number of halogens is 1. The monoisotopic (exact) mass is 317 g/mol. The largest absolute Gasteiger partial charge is 0.366 e. The Balaban J connectivity index is 1.58. The second-order valence-corrected chi connectivity index (χ2v) is 5.58. The second-order valence-electron chi connectivity index (χ2n) is 5.18. The molecule has 0 bridgehead atoms. The average molecular weight is 318 g/mol. The van der Waals surface area contributed by atoms with Crippen LogP contribution in [0.2, 0.25) is 5.02 Å². The number of amides is 1. The van der Waals surface area contributed by atoms with Crippen molar-refractivity contribution in [2.45, 2.75) is 18.9 Å². The van der Waals surface area contributed by atoms with Crippen molar-refractivity contribution < 1.29 is 4.79 Å². The molecule has 0 radical (unpaired) electrons. The molecule has 0 spiro atoms. The highest BCUT2D eigenvalue weighted by Crippen LogP contribution is 2.20. The number of aromatic nitrogens is 3. The summed E-state index contributed by atoms with van der Waals surface area (Å²) in [4.78, 5) is 18.2. The number of nitrogens with zero attached hydrogens (tertiary/aromatic N) is 4. The summed E-state index contributed by atoms with van der Waals surface area (Å²) >= 11 is 6.04. The number of nitrogens with one attached hydrogen (secondary N) is 1. The van der Waals surface area contributed by atoms with Crippen LogP contribution in [0.5, 0.6) is 0 Å². The number of anilines is 1. The highest BCUT2D eigenvalue weighted by Gasteiger charge is 2.24. The normalized spacial score (nSPS) is 15.6. The molecule has 1 aliphatic rings. The first-order valence-corrected chi connectivity index (χ1v) is 7.55. The third-order valence-electron chi connectivity index (χ3n) is 3.71. The molecule has 0 aliphatic carbocycles. The molecule has 1 aliphatic heterocycles. The third kappa shape index (κ3) is 3.33. The Labute approximate surface area is 133 Å². The van der Waals surface area contributed by atoms with Gasteiger partial charge in [0, 0.05) is 37.7 Å². The number of hydrogen-bond acceptors (Lipinski definition) is 5. The molecular weight excluding hydrogens is 302 g/mol. The van der Waals surface area contributed by atoms with Gasteiger partial charge in [0.15, 0.2) is 0 Å². The first-order chi connectivity index (χ1) is 10.7. The zero-order chi connectivity index (χ0) is 15.4. The van der Waals surface area contributed by atoms with Gasteiger partial charge in [0.05, 0.1) is 10.6 Å². The number of carbonyl (C=O) groups is 1. The molecule has 1 N–H and O–H groups in total. The van der Waals surface area contributed by atoms with Crippen LogP contribution in [0.25, 0.3) is 0 Å². The average Bonchev–Trinajstić information content (AvgIpc) is 2.56. The first-order valence-electron chi connectivity index (χ1n) is 7.17. The Morgan fingerprint density at radius 2 is 2.09 bits per heavy atom. The van der Waals surface area contributed by atoms with Gasteiger partial charge in [-0.3, -0.25) is 9.78 Å². The van der Waals surface area contributed by atoms with E-state index in [1.54, 1.807) is 18.5 Å². The van der Waals surface area contributed by atoms with E-state index < -0.39 is 0 Å². The van der Waals surface area contributed by atoms with Gasteiger partial charge in [0.2, 0.25) is 0 Å². The lowest BCUT2D eigenvalue weighted by molar-refractivity contribution is 0.0718. The van der Waals surface area contributed by atoms with Gasteiger partial charge in [-0.25, -0.2) is 0 Å². The first kappa shape index (κ1) is 14.7. The van der Waals surface area contributed by atoms with E-state index in [0.717, 1.165) is 18.7 Å². The molecule has 6 nitrogen and oxygen atoms in total. The van der Waals surface area contributed by atoms with Crippen LogP contribution in [0.3, 0.4) is 0 Å². The molecule has 2 aromatic heterocycles. The van der Waals surface area contributed by atoms with Gasteiger partial charge >= 0.3 is 0 Å². The van der Waals surface area contributed by atoms with Gasteiger partial charge in [-0.2, -0.15) is 5.10 Å². The van der Waals surface area contributed by atoms with E-state index in [9.17, 15) is 4.79 Å². The topological polar surface area (TPSA) is 71.0 Å². The fraction of sp³-hybridized carbons (Fsp3) is 0.333. The van der Waals surface area contributed by atoms with E-state index in [-0.39, 0.29) is 5.91 Å². The maximum absolute atomic E-state index is 12.5. The van der Waals surface area contributed by atoms with Gasteiger partial charge in [-0.05, 0) is 31.0 Å². The van der Waals surface area contributed by atoms with Crippen LogP contribution >= 0.6 is 11.6 Å². The zero-order valence-corrected chi connectivity index (χ0v) is 12.7. The Kier molecular flexibility index (Phi) is 4.48. The van der Waals surface area contributed by atoms with Crippen molar-refractivity contribution in [3.8, 4) is 0 Å². The molecule has 3 heterocycles. The van der Waals surface area contributed by atoms with Crippen molar-refractivity contribution in [1.82, 2.24) is 20.1 Å². The summed E-state index contributed by atoms with van der Waals surface area (Å²) in [6.07, 6.45) is 6.46. The van der Waals surface area contributed by atoms with Gasteiger partial charge in [0.25, 0.3) is 5.91 Å². The predicted octanol–water partition coefficient (Wildman–Crippen LogP) is 2.24. The summed E-state index contributed by atoms with van der Waals surface area (Å²) in [5.74, 6) is 0.731. The molecule has 1 fully saturated rings. The maximum Gasteiger partial charge on any atom is 0.255 e. The SMILES string of the molecule is O=C(c1ccncc1Cl)N1CCC(Nc2cccnn2)CC1. The Morgan fingerprint density at radius 1 is 1.27 bits per heavy atom. The molecule has 114 valence electrons. The minimum Gasteiger partial charge on any atom is -0.366 e. The number of piperidine rings is 1. The molecular formula is C15H16ClN5O. The summed E-state index contributed by atoms with van der Waals surface area (Å²) < 4.78 is 0. The highest BCUT2D eigenvalue weighted by molar-refractivity contribution is 6.33. The quantitative estimate of drug-likeness (QED) is 0.940. The number of hydrogen-bond donors (Lipinski definition) is 1. The Hall–Kier alpha value is -2.21. The molecule has 1 amide bonds. The third-order valence-corrected chi connectivity index (χ3v) is 4.01. The summed E-state index contributed by atoms with van der Waals surface area (Å²) in [5, 5.41) is 11.6. The lowest BCUT2D eigenvalue weighted by Crippen LogP contribution is -2.42. The Morgan fingerprint density at radius 3 is 2.77 bits per heavy atom. The molecule has 0 atom stereocenters. The van der Waals surface area contributed by atoms with Crippen LogP contribution in [-0.2, 0) is 0 Å². The van der Waals surface area contributed by atoms with Crippen molar-refractivity contribution in [1.29, 1.82) is 0 Å². The van der Waals surface area contributed by atoms with Crippen LogP contribution in [0, 0.1) is 0 Å². The van der Waals surface area contributed by atoms with Crippen molar-refractivity contribution in [3.63, 3.8) is 0 Å². The van der Waals surface area contributed by atoms with Gasteiger partial charge in [-0.15, -0.1) is 5.10 Å². The molecule has 0 unspecified atom stereocenters. The standard InChI is InChI=1S/C15H16ClN5O/c16-13-10-17-7-3-12(13)15(22)21-8-4-11(5-9-21)19-14-2-1-6-18-20-14/h1-3,6-7,10-11H,4-5,8-9H2,(H,19,20). The van der Waals surface area contributed by atoms with Crippen LogP contribution in [0.4, 0.5) is 5.82 Å². The summed E-state index contributed by atoms with van der Waals surface area (Å²) in [6, 6.07) is 5.70. The maximum atomic E-state index is 12.5. The predicted molar refractivity (Wildman–Crippen MR) is 83.8 cm³/mol. The van der Waals surface area contributed by atoms with Crippen LogP contribution in [-0.4, -0.2) is 45.1 Å². The van der Waals surface area contributed by atoms with Gasteiger partial charge in [-0.1, -0.05) is 11.6 Å². The van der Waals surface area contributed by atoms with Gasteiger partial charge in [0.1, 0.15) is 5.82 Å². The minimum atomic E-state index is -0.0367. The van der Waals surface area contributed by atoms with E-state index in [4.69, 9.17) is 11.6 Å². The molecule has 0 saturated carbocycles. The van der Waals surface area contributed by atoms with Crippen molar-refractivity contribution >= 4 is 23.3 Å². The number of carbonyl (C=O) groups excluding carboxylic acids is 1. The molecule has 22 heavy (non-hydrogen) atoms. The second kappa shape index (κ2) is 6.70. The molecule has 0 aromatic carbocycles. The highest BCUT2D eigenvalue weighted by atomic mass is 35.5. The molecule has 1 saturated heterocycles. The number of likely N-dealkylation sites (tertiary alicyclic amines) is 1. The van der Waals surface area contributed by atoms with E-state index >= 15 is 0 Å². The minimum absolute atomic E-state index is 0.0367. The van der Waals surface area contributed by atoms with Crippen molar-refractivity contribution in [2.75, 3.05) is 18.4 Å². The van der Waals surface area contributed by atoms with Crippen molar-refractivity contribution in [3.05, 3.63) is 47.4 Å². The van der Waals surface area contributed by atoms with Crippen LogP contribution in [0.15, 0.2) is 36.8 Å². The molecule has 2 aromatic rings. The lowest BCUT2D eigenvalue weighted by atomic mass is 10.0. The van der Waals surface area contributed by atoms with E-state index in [1.807, 2.05) is 17.0 Å². The summed E-state index contributed by atoms with van der Waals surface area (Å²) in [6.45, 7) is 1.38.